The zero-order chi connectivity index (χ0) is 16.4. The van der Waals surface area contributed by atoms with E-state index in [4.69, 9.17) is 21.1 Å². The molecule has 0 saturated carbocycles. The van der Waals surface area contributed by atoms with E-state index >= 15 is 0 Å². The number of ether oxygens (including phenoxy) is 2. The van der Waals surface area contributed by atoms with E-state index < -0.39 is 0 Å². The van der Waals surface area contributed by atoms with E-state index in [0.29, 0.717) is 12.8 Å². The molecule has 5 heteroatoms. The quantitative estimate of drug-likeness (QED) is 0.903. The van der Waals surface area contributed by atoms with Crippen molar-refractivity contribution in [3.63, 3.8) is 0 Å². The van der Waals surface area contributed by atoms with Crippen molar-refractivity contribution in [2.24, 2.45) is 0 Å². The number of nitrogens with one attached hydrogen (secondary N) is 1. The molecule has 24 heavy (non-hydrogen) atoms. The van der Waals surface area contributed by atoms with Crippen LogP contribution in [-0.4, -0.2) is 30.8 Å². The summed E-state index contributed by atoms with van der Waals surface area (Å²) < 4.78 is 10.8. The van der Waals surface area contributed by atoms with Crippen LogP contribution in [-0.2, 0) is 6.54 Å². The Morgan fingerprint density at radius 2 is 1.88 bits per heavy atom. The Balaban J connectivity index is 1.30. The van der Waals surface area contributed by atoms with Gasteiger partial charge >= 0.3 is 0 Å². The van der Waals surface area contributed by atoms with Gasteiger partial charge in [-0.05, 0) is 48.7 Å². The van der Waals surface area contributed by atoms with E-state index in [2.05, 4.69) is 28.4 Å². The van der Waals surface area contributed by atoms with Gasteiger partial charge in [-0.1, -0.05) is 23.7 Å². The van der Waals surface area contributed by atoms with Gasteiger partial charge in [-0.2, -0.15) is 0 Å². The van der Waals surface area contributed by atoms with Crippen LogP contribution in [0.5, 0.6) is 11.5 Å². The number of hydrogen-bond donors (Lipinski definition) is 1. The summed E-state index contributed by atoms with van der Waals surface area (Å²) in [7, 11) is 0. The van der Waals surface area contributed by atoms with Crippen LogP contribution in [0.15, 0.2) is 42.5 Å². The van der Waals surface area contributed by atoms with Gasteiger partial charge in [0.15, 0.2) is 11.5 Å². The van der Waals surface area contributed by atoms with Gasteiger partial charge in [0.2, 0.25) is 6.79 Å². The smallest absolute Gasteiger partial charge is 0.231 e. The molecule has 0 aromatic heterocycles. The molecule has 0 atom stereocenters. The minimum Gasteiger partial charge on any atom is -0.454 e. The average molecular weight is 345 g/mol. The number of benzene rings is 2. The fourth-order valence-corrected chi connectivity index (χ4v) is 3.54. The number of piperidine rings is 1. The number of anilines is 1. The van der Waals surface area contributed by atoms with Gasteiger partial charge in [0, 0.05) is 36.4 Å². The summed E-state index contributed by atoms with van der Waals surface area (Å²) in [5.41, 5.74) is 2.39. The fraction of sp³-hybridized carbons (Fsp3) is 0.368. The summed E-state index contributed by atoms with van der Waals surface area (Å²) in [5.74, 6) is 1.72. The fourth-order valence-electron chi connectivity index (χ4n) is 3.35. The SMILES string of the molecule is Clc1cccc(NC2CCN(Cc3ccc4c(c3)OCO4)CC2)c1. The van der Waals surface area contributed by atoms with Gasteiger partial charge in [-0.15, -0.1) is 0 Å². The molecular weight excluding hydrogens is 324 g/mol. The highest BCUT2D eigenvalue weighted by Gasteiger charge is 2.20. The molecule has 4 nitrogen and oxygen atoms in total. The van der Waals surface area contributed by atoms with Crippen LogP contribution in [0.2, 0.25) is 5.02 Å². The Hall–Kier alpha value is -1.91. The van der Waals surface area contributed by atoms with Gasteiger partial charge < -0.3 is 14.8 Å². The molecule has 1 saturated heterocycles. The van der Waals surface area contributed by atoms with E-state index in [9.17, 15) is 0 Å². The molecule has 4 rings (SSSR count). The second-order valence-corrected chi connectivity index (χ2v) is 6.83. The number of fused-ring (bicyclic) bond motifs is 1. The monoisotopic (exact) mass is 344 g/mol. The van der Waals surface area contributed by atoms with Gasteiger partial charge in [0.1, 0.15) is 0 Å². The highest BCUT2D eigenvalue weighted by molar-refractivity contribution is 6.30. The number of likely N-dealkylation sites (tertiary alicyclic amines) is 1. The minimum atomic E-state index is 0.333. The van der Waals surface area contributed by atoms with Crippen molar-refractivity contribution < 1.29 is 9.47 Å². The third-order valence-corrected chi connectivity index (χ3v) is 4.86. The van der Waals surface area contributed by atoms with E-state index in [1.54, 1.807) is 0 Å². The molecule has 2 aromatic rings. The first-order valence-electron chi connectivity index (χ1n) is 8.39. The largest absolute Gasteiger partial charge is 0.454 e. The molecule has 0 radical (unpaired) electrons. The molecule has 1 fully saturated rings. The second-order valence-electron chi connectivity index (χ2n) is 6.39. The van der Waals surface area contributed by atoms with Crippen molar-refractivity contribution in [3.05, 3.63) is 53.1 Å². The Morgan fingerprint density at radius 3 is 2.71 bits per heavy atom. The predicted octanol–water partition coefficient (Wildman–Crippen LogP) is 4.15. The first kappa shape index (κ1) is 15.6. The molecule has 2 aliphatic rings. The Morgan fingerprint density at radius 1 is 1.04 bits per heavy atom. The summed E-state index contributed by atoms with van der Waals surface area (Å²) in [4.78, 5) is 2.49. The van der Waals surface area contributed by atoms with Crippen LogP contribution < -0.4 is 14.8 Å². The third-order valence-electron chi connectivity index (χ3n) is 4.63. The summed E-state index contributed by atoms with van der Waals surface area (Å²) in [5, 5.41) is 4.37. The van der Waals surface area contributed by atoms with Crippen LogP contribution >= 0.6 is 11.6 Å². The van der Waals surface area contributed by atoms with Crippen molar-refractivity contribution in [3.8, 4) is 11.5 Å². The van der Waals surface area contributed by atoms with Crippen LogP contribution in [0.1, 0.15) is 18.4 Å². The zero-order valence-electron chi connectivity index (χ0n) is 13.5. The normalized spacial score (nSPS) is 17.9. The van der Waals surface area contributed by atoms with E-state index in [1.165, 1.54) is 5.56 Å². The molecule has 0 aliphatic carbocycles. The lowest BCUT2D eigenvalue weighted by Crippen LogP contribution is -2.38. The molecular formula is C19H21ClN2O2. The summed E-state index contributed by atoms with van der Waals surface area (Å²) in [6.45, 7) is 3.47. The van der Waals surface area contributed by atoms with Crippen LogP contribution in [0, 0.1) is 0 Å². The average Bonchev–Trinajstić information content (AvgIpc) is 3.04. The van der Waals surface area contributed by atoms with Gasteiger partial charge in [-0.3, -0.25) is 4.90 Å². The molecule has 126 valence electrons. The Kier molecular flexibility index (Phi) is 4.50. The molecule has 2 aromatic carbocycles. The molecule has 2 heterocycles. The predicted molar refractivity (Wildman–Crippen MR) is 95.9 cm³/mol. The maximum atomic E-state index is 6.05. The Labute approximate surface area is 147 Å². The molecule has 1 N–H and O–H groups in total. The van der Waals surface area contributed by atoms with Gasteiger partial charge in [0.25, 0.3) is 0 Å². The molecule has 0 bridgehead atoms. The number of halogens is 1. The lowest BCUT2D eigenvalue weighted by atomic mass is 10.0. The zero-order valence-corrected chi connectivity index (χ0v) is 14.3. The lowest BCUT2D eigenvalue weighted by Gasteiger charge is -2.33. The number of hydrogen-bond acceptors (Lipinski definition) is 4. The van der Waals surface area contributed by atoms with Gasteiger partial charge in [0.05, 0.1) is 0 Å². The van der Waals surface area contributed by atoms with E-state index in [-0.39, 0.29) is 0 Å². The first-order valence-corrected chi connectivity index (χ1v) is 8.77. The van der Waals surface area contributed by atoms with Crippen molar-refractivity contribution in [2.75, 3.05) is 25.2 Å². The van der Waals surface area contributed by atoms with E-state index in [0.717, 1.165) is 54.7 Å². The van der Waals surface area contributed by atoms with Crippen molar-refractivity contribution >= 4 is 17.3 Å². The van der Waals surface area contributed by atoms with Crippen molar-refractivity contribution in [2.45, 2.75) is 25.4 Å². The third kappa shape index (κ3) is 3.60. The van der Waals surface area contributed by atoms with Crippen LogP contribution in [0.4, 0.5) is 5.69 Å². The van der Waals surface area contributed by atoms with Crippen molar-refractivity contribution in [1.29, 1.82) is 0 Å². The Bertz CT molecular complexity index is 714. The number of rotatable bonds is 4. The van der Waals surface area contributed by atoms with Gasteiger partial charge in [-0.25, -0.2) is 0 Å². The minimum absolute atomic E-state index is 0.333. The standard InChI is InChI=1S/C19H21ClN2O2/c20-15-2-1-3-17(11-15)21-16-6-8-22(9-7-16)12-14-4-5-18-19(10-14)24-13-23-18/h1-5,10-11,16,21H,6-9,12-13H2. The summed E-state index contributed by atoms with van der Waals surface area (Å²) >= 11 is 6.05. The number of nitrogens with zero attached hydrogens (tertiary/aromatic N) is 1. The molecule has 0 spiro atoms. The summed E-state index contributed by atoms with van der Waals surface area (Å²) in [6.07, 6.45) is 2.27. The topological polar surface area (TPSA) is 33.7 Å². The highest BCUT2D eigenvalue weighted by atomic mass is 35.5. The molecule has 0 amide bonds. The molecule has 2 aliphatic heterocycles. The maximum Gasteiger partial charge on any atom is 0.231 e. The summed E-state index contributed by atoms with van der Waals surface area (Å²) in [6, 6.07) is 14.7. The second kappa shape index (κ2) is 6.91. The molecule has 0 unspecified atom stereocenters. The van der Waals surface area contributed by atoms with Crippen LogP contribution in [0.25, 0.3) is 0 Å². The van der Waals surface area contributed by atoms with Crippen molar-refractivity contribution in [1.82, 2.24) is 4.90 Å². The van der Waals surface area contributed by atoms with Crippen LogP contribution in [0.3, 0.4) is 0 Å². The lowest BCUT2D eigenvalue weighted by molar-refractivity contribution is 0.173. The van der Waals surface area contributed by atoms with E-state index in [1.807, 2.05) is 24.3 Å². The first-order chi connectivity index (χ1) is 11.8. The maximum absolute atomic E-state index is 6.05. The highest BCUT2D eigenvalue weighted by Crippen LogP contribution is 2.33.